The predicted octanol–water partition coefficient (Wildman–Crippen LogP) is 4.65. The van der Waals surface area contributed by atoms with E-state index in [1.807, 2.05) is 18.2 Å². The molecule has 190 valence electrons. The summed E-state index contributed by atoms with van der Waals surface area (Å²) in [4.78, 5) is 15.4. The van der Waals surface area contributed by atoms with Gasteiger partial charge in [-0.25, -0.2) is 0 Å². The monoisotopic (exact) mass is 480 g/mol. The molecule has 2 aromatic rings. The van der Waals surface area contributed by atoms with E-state index in [1.54, 1.807) is 7.11 Å². The van der Waals surface area contributed by atoms with Gasteiger partial charge >= 0.3 is 0 Å². The summed E-state index contributed by atoms with van der Waals surface area (Å²) in [6, 6.07) is 10.1. The molecule has 2 atom stereocenters. The van der Waals surface area contributed by atoms with Crippen molar-refractivity contribution in [3.63, 3.8) is 0 Å². The summed E-state index contributed by atoms with van der Waals surface area (Å²) in [5.41, 5.74) is 3.27. The molecule has 1 amide bonds. The first-order valence-corrected chi connectivity index (χ1v) is 13.2. The van der Waals surface area contributed by atoms with Gasteiger partial charge < -0.3 is 19.7 Å². The van der Waals surface area contributed by atoms with Gasteiger partial charge in [0.2, 0.25) is 0 Å². The summed E-state index contributed by atoms with van der Waals surface area (Å²) >= 11 is 0. The number of amides is 1. The number of ether oxygens (including phenoxy) is 2. The number of aryl methyl sites for hydroxylation is 1. The Morgan fingerprint density at radius 1 is 1.11 bits per heavy atom. The van der Waals surface area contributed by atoms with E-state index in [4.69, 9.17) is 9.47 Å². The molecule has 1 aromatic heterocycles. The topological polar surface area (TPSA) is 76.6 Å². The lowest BCUT2D eigenvalue weighted by Crippen LogP contribution is -2.53. The van der Waals surface area contributed by atoms with Crippen LogP contribution in [0.1, 0.15) is 74.5 Å². The second-order valence-corrected chi connectivity index (χ2v) is 10.0. The third kappa shape index (κ3) is 6.79. The third-order valence-corrected chi connectivity index (χ3v) is 7.27. The fourth-order valence-corrected chi connectivity index (χ4v) is 5.11. The van der Waals surface area contributed by atoms with Crippen molar-refractivity contribution in [1.82, 2.24) is 20.4 Å². The number of rotatable bonds is 9. The van der Waals surface area contributed by atoms with Crippen LogP contribution in [-0.4, -0.2) is 66.5 Å². The van der Waals surface area contributed by atoms with Gasteiger partial charge in [0.1, 0.15) is 5.75 Å². The van der Waals surface area contributed by atoms with Crippen molar-refractivity contribution >= 4 is 5.91 Å². The van der Waals surface area contributed by atoms with Crippen LogP contribution >= 0.6 is 0 Å². The highest BCUT2D eigenvalue weighted by molar-refractivity contribution is 5.93. The lowest BCUT2D eigenvalue weighted by atomic mass is 9.97. The zero-order chi connectivity index (χ0) is 24.6. The number of carbonyl (C=O) groups excluding carboxylic acids is 1. The molecule has 2 unspecified atom stereocenters. The number of likely N-dealkylation sites (tertiary alicyclic amines) is 1. The molecule has 7 heteroatoms. The van der Waals surface area contributed by atoms with Crippen LogP contribution in [0.15, 0.2) is 30.3 Å². The van der Waals surface area contributed by atoms with Crippen LogP contribution in [0.25, 0.3) is 11.1 Å². The summed E-state index contributed by atoms with van der Waals surface area (Å²) in [6.45, 7) is 3.89. The molecule has 1 N–H and O–H groups in total. The van der Waals surface area contributed by atoms with Crippen LogP contribution in [0.5, 0.6) is 5.75 Å². The fraction of sp³-hybridized carbons (Fsp3) is 0.607. The minimum atomic E-state index is -0.199. The lowest BCUT2D eigenvalue weighted by Gasteiger charge is -2.36. The van der Waals surface area contributed by atoms with E-state index in [-0.39, 0.29) is 18.1 Å². The number of unbranched alkanes of at least 4 members (excludes halogenated alkanes) is 1. The molecule has 2 fully saturated rings. The van der Waals surface area contributed by atoms with E-state index in [0.29, 0.717) is 11.8 Å². The Morgan fingerprint density at radius 3 is 2.60 bits per heavy atom. The van der Waals surface area contributed by atoms with E-state index in [2.05, 4.69) is 46.5 Å². The number of hydrogen-bond acceptors (Lipinski definition) is 6. The number of likely N-dealkylation sites (N-methyl/N-ethyl adjacent to an activating group) is 1. The fourth-order valence-electron chi connectivity index (χ4n) is 5.11. The average Bonchev–Trinajstić information content (AvgIpc) is 2.89. The van der Waals surface area contributed by atoms with E-state index >= 15 is 0 Å². The molecule has 4 rings (SSSR count). The van der Waals surface area contributed by atoms with Crippen LogP contribution in [0.2, 0.25) is 0 Å². The van der Waals surface area contributed by atoms with Gasteiger partial charge in [0.15, 0.2) is 5.69 Å². The van der Waals surface area contributed by atoms with Crippen molar-refractivity contribution in [2.45, 2.75) is 83.0 Å². The van der Waals surface area contributed by atoms with Gasteiger partial charge in [-0.2, -0.15) is 5.10 Å². The summed E-state index contributed by atoms with van der Waals surface area (Å²) in [6.07, 6.45) is 10.2. The Bertz CT molecular complexity index is 959. The Labute approximate surface area is 209 Å². The van der Waals surface area contributed by atoms with Gasteiger partial charge in [-0.3, -0.25) is 4.79 Å². The SMILES string of the molecule is CCCCc1nnc(C(=O)NC2CCN(C)CC2OC)cc1-c1ccc(OC2CCCCC2)cc1. The van der Waals surface area contributed by atoms with E-state index < -0.39 is 0 Å². The van der Waals surface area contributed by atoms with Crippen LogP contribution in [0, 0.1) is 0 Å². The number of methoxy groups -OCH3 is 1. The molecule has 0 bridgehead atoms. The van der Waals surface area contributed by atoms with Gasteiger partial charge in [0.25, 0.3) is 5.91 Å². The molecule has 1 saturated carbocycles. The Morgan fingerprint density at radius 2 is 1.89 bits per heavy atom. The number of piperidine rings is 1. The third-order valence-electron chi connectivity index (χ3n) is 7.27. The molecule has 1 aromatic carbocycles. The van der Waals surface area contributed by atoms with Gasteiger partial charge in [-0.15, -0.1) is 5.10 Å². The minimum Gasteiger partial charge on any atom is -0.490 e. The Kier molecular flexibility index (Phi) is 9.10. The van der Waals surface area contributed by atoms with Gasteiger partial charge in [-0.1, -0.05) is 31.9 Å². The Balaban J connectivity index is 1.51. The Hall–Kier alpha value is -2.51. The summed E-state index contributed by atoms with van der Waals surface area (Å²) in [7, 11) is 3.77. The molecule has 35 heavy (non-hydrogen) atoms. The lowest BCUT2D eigenvalue weighted by molar-refractivity contribution is 0.0141. The van der Waals surface area contributed by atoms with Crippen molar-refractivity contribution in [3.8, 4) is 16.9 Å². The second-order valence-electron chi connectivity index (χ2n) is 10.0. The molecule has 1 saturated heterocycles. The van der Waals surface area contributed by atoms with Crippen LogP contribution < -0.4 is 10.1 Å². The van der Waals surface area contributed by atoms with Gasteiger partial charge in [-0.05, 0) is 82.3 Å². The standard InChI is InChI=1S/C28H40N4O3/c1-4-5-11-24-23(20-12-14-22(15-13-20)35-21-9-7-6-8-10-21)18-26(31-30-24)28(33)29-25-16-17-32(2)19-27(25)34-3/h12-15,18,21,25,27H,4-11,16-17,19H2,1-3H3,(H,29,33). The molecule has 7 nitrogen and oxygen atoms in total. The van der Waals surface area contributed by atoms with Crippen molar-refractivity contribution in [2.75, 3.05) is 27.2 Å². The van der Waals surface area contributed by atoms with Crippen LogP contribution in [0.4, 0.5) is 0 Å². The molecular weight excluding hydrogens is 440 g/mol. The molecule has 0 spiro atoms. The number of nitrogens with one attached hydrogen (secondary N) is 1. The first kappa shape index (κ1) is 25.6. The van der Waals surface area contributed by atoms with Crippen LogP contribution in [-0.2, 0) is 11.2 Å². The smallest absolute Gasteiger partial charge is 0.272 e. The second kappa shape index (κ2) is 12.5. The van der Waals surface area contributed by atoms with Crippen molar-refractivity contribution in [3.05, 3.63) is 41.7 Å². The van der Waals surface area contributed by atoms with Crippen LogP contribution in [0.3, 0.4) is 0 Å². The minimum absolute atomic E-state index is 0.0364. The molecule has 2 aliphatic rings. The molecule has 0 radical (unpaired) electrons. The predicted molar refractivity (Wildman–Crippen MR) is 138 cm³/mol. The van der Waals surface area contributed by atoms with Gasteiger partial charge in [0.05, 0.1) is 23.9 Å². The number of carbonyl (C=O) groups is 1. The highest BCUT2D eigenvalue weighted by atomic mass is 16.5. The number of benzene rings is 1. The molecule has 2 heterocycles. The molecular formula is C28H40N4O3. The van der Waals surface area contributed by atoms with Crippen molar-refractivity contribution in [1.29, 1.82) is 0 Å². The summed E-state index contributed by atoms with van der Waals surface area (Å²) in [5.74, 6) is 0.707. The molecule has 1 aliphatic heterocycles. The normalized spacial score (nSPS) is 21.6. The highest BCUT2D eigenvalue weighted by Crippen LogP contribution is 2.28. The summed E-state index contributed by atoms with van der Waals surface area (Å²) in [5, 5.41) is 11.9. The zero-order valence-electron chi connectivity index (χ0n) is 21.5. The highest BCUT2D eigenvalue weighted by Gasteiger charge is 2.29. The summed E-state index contributed by atoms with van der Waals surface area (Å²) < 4.78 is 11.8. The largest absolute Gasteiger partial charge is 0.490 e. The van der Waals surface area contributed by atoms with E-state index in [9.17, 15) is 4.79 Å². The first-order valence-electron chi connectivity index (χ1n) is 13.2. The van der Waals surface area contributed by atoms with Gasteiger partial charge in [0, 0.05) is 19.2 Å². The number of nitrogens with zero attached hydrogens (tertiary/aromatic N) is 3. The zero-order valence-corrected chi connectivity index (χ0v) is 21.5. The molecule has 1 aliphatic carbocycles. The number of hydrogen-bond donors (Lipinski definition) is 1. The maximum Gasteiger partial charge on any atom is 0.272 e. The van der Waals surface area contributed by atoms with E-state index in [1.165, 1.54) is 19.3 Å². The first-order chi connectivity index (χ1) is 17.1. The quantitative estimate of drug-likeness (QED) is 0.563. The average molecular weight is 481 g/mol. The number of aromatic nitrogens is 2. The van der Waals surface area contributed by atoms with Crippen molar-refractivity contribution < 1.29 is 14.3 Å². The maximum atomic E-state index is 13.1. The maximum absolute atomic E-state index is 13.1. The van der Waals surface area contributed by atoms with Crippen molar-refractivity contribution in [2.24, 2.45) is 0 Å². The van der Waals surface area contributed by atoms with E-state index in [0.717, 1.165) is 74.2 Å².